The van der Waals surface area contributed by atoms with Gasteiger partial charge in [-0.05, 0) is 56.0 Å². The molecule has 1 aliphatic carbocycles. The maximum atomic E-state index is 12.8. The van der Waals surface area contributed by atoms with Gasteiger partial charge in [-0.25, -0.2) is 4.68 Å². The average Bonchev–Trinajstić information content (AvgIpc) is 3.53. The first-order valence-electron chi connectivity index (χ1n) is 9.80. The van der Waals surface area contributed by atoms with Gasteiger partial charge in [-0.2, -0.15) is 5.10 Å². The van der Waals surface area contributed by atoms with Gasteiger partial charge in [0.15, 0.2) is 0 Å². The van der Waals surface area contributed by atoms with Crippen LogP contribution in [0.1, 0.15) is 55.5 Å². The quantitative estimate of drug-likeness (QED) is 0.883. The van der Waals surface area contributed by atoms with Crippen LogP contribution in [-0.2, 0) is 17.8 Å². The molecule has 0 radical (unpaired) electrons. The zero-order valence-corrected chi connectivity index (χ0v) is 15.9. The van der Waals surface area contributed by atoms with E-state index < -0.39 is 6.04 Å². The molecule has 1 aliphatic heterocycles. The number of likely N-dealkylation sites (N-methyl/N-ethyl adjacent to an activating group) is 1. The third-order valence-corrected chi connectivity index (χ3v) is 5.64. The highest BCUT2D eigenvalue weighted by atomic mass is 16.2. The van der Waals surface area contributed by atoms with E-state index in [0.717, 1.165) is 50.3 Å². The average molecular weight is 366 g/mol. The fourth-order valence-electron chi connectivity index (χ4n) is 3.72. The van der Waals surface area contributed by atoms with Crippen molar-refractivity contribution < 1.29 is 4.79 Å². The summed E-state index contributed by atoms with van der Waals surface area (Å²) < 4.78 is 1.32. The van der Waals surface area contributed by atoms with Gasteiger partial charge >= 0.3 is 0 Å². The zero-order valence-electron chi connectivity index (χ0n) is 15.9. The van der Waals surface area contributed by atoms with Crippen molar-refractivity contribution in [3.8, 4) is 0 Å². The molecule has 0 bridgehead atoms. The second kappa shape index (κ2) is 7.27. The number of carbonyl (C=O) groups is 1. The number of hydrogen-bond acceptors (Lipinski definition) is 4. The summed E-state index contributed by atoms with van der Waals surface area (Å²) in [5, 5.41) is 7.48. The van der Waals surface area contributed by atoms with E-state index in [9.17, 15) is 9.59 Å². The van der Waals surface area contributed by atoms with Crippen LogP contribution in [0.2, 0.25) is 0 Å². The number of nitrogens with zero attached hydrogens (tertiary/aromatic N) is 3. The molecular formula is C21H26N4O2. The number of carbonyl (C=O) groups excluding carboxylic acids is 1. The van der Waals surface area contributed by atoms with Gasteiger partial charge in [0.2, 0.25) is 5.91 Å². The van der Waals surface area contributed by atoms with Crippen LogP contribution in [0.3, 0.4) is 0 Å². The van der Waals surface area contributed by atoms with Gasteiger partial charge in [0.1, 0.15) is 6.04 Å². The van der Waals surface area contributed by atoms with Crippen LogP contribution in [0, 0.1) is 0 Å². The lowest BCUT2D eigenvalue weighted by molar-refractivity contribution is -0.119. The molecule has 142 valence electrons. The van der Waals surface area contributed by atoms with Crippen LogP contribution < -0.4 is 10.9 Å². The number of aromatic nitrogens is 2. The van der Waals surface area contributed by atoms with Gasteiger partial charge in [-0.15, -0.1) is 0 Å². The van der Waals surface area contributed by atoms with Crippen molar-refractivity contribution in [2.45, 2.75) is 51.6 Å². The Morgan fingerprint density at radius 3 is 2.85 bits per heavy atom. The van der Waals surface area contributed by atoms with E-state index in [-0.39, 0.29) is 11.5 Å². The number of amides is 1. The van der Waals surface area contributed by atoms with Gasteiger partial charge in [0.05, 0.1) is 5.69 Å². The minimum Gasteiger partial charge on any atom is -0.324 e. The summed E-state index contributed by atoms with van der Waals surface area (Å²) in [6.07, 6.45) is 3.14. The molecule has 1 atom stereocenters. The maximum absolute atomic E-state index is 12.8. The molecule has 4 rings (SSSR count). The first-order valence-corrected chi connectivity index (χ1v) is 9.80. The second-order valence-corrected chi connectivity index (χ2v) is 7.54. The number of benzene rings is 1. The molecule has 1 N–H and O–H groups in total. The third kappa shape index (κ3) is 3.67. The fraction of sp³-hybridized carbons (Fsp3) is 0.476. The normalized spacial score (nSPS) is 18.0. The van der Waals surface area contributed by atoms with E-state index in [1.807, 2.05) is 12.1 Å². The number of fused-ring (bicyclic) bond motifs is 1. The molecule has 27 heavy (non-hydrogen) atoms. The van der Waals surface area contributed by atoms with Crippen molar-refractivity contribution in [2.75, 3.05) is 18.4 Å². The van der Waals surface area contributed by atoms with Crippen LogP contribution in [-0.4, -0.2) is 33.7 Å². The van der Waals surface area contributed by atoms with Crippen LogP contribution in [0.15, 0.2) is 35.1 Å². The Kier molecular flexibility index (Phi) is 4.83. The molecule has 1 fully saturated rings. The molecule has 1 unspecified atom stereocenters. The van der Waals surface area contributed by atoms with E-state index in [0.29, 0.717) is 5.92 Å². The zero-order chi connectivity index (χ0) is 19.0. The highest BCUT2D eigenvalue weighted by molar-refractivity contribution is 5.94. The molecule has 2 aliphatic rings. The highest BCUT2D eigenvalue weighted by Gasteiger charge is 2.27. The maximum Gasteiger partial charge on any atom is 0.267 e. The van der Waals surface area contributed by atoms with Crippen molar-refractivity contribution >= 4 is 11.6 Å². The molecule has 2 heterocycles. The van der Waals surface area contributed by atoms with Gasteiger partial charge in [0, 0.05) is 30.8 Å². The molecule has 1 amide bonds. The minimum atomic E-state index is -0.650. The summed E-state index contributed by atoms with van der Waals surface area (Å²) in [6.45, 7) is 6.83. The molecule has 0 spiro atoms. The standard InChI is InChI=1S/C21H26N4O2/c1-3-24-12-11-17-16(13-24)5-4-6-19(17)22-21(27)14(2)25-20(26)10-9-18(23-25)15-7-8-15/h4-6,9-10,14-15H,3,7-8,11-13H2,1-2H3,(H,22,27). The molecule has 0 saturated heterocycles. The predicted octanol–water partition coefficient (Wildman–Crippen LogP) is 2.70. The Balaban J connectivity index is 1.55. The Bertz CT molecular complexity index is 917. The van der Waals surface area contributed by atoms with Gasteiger partial charge in [0.25, 0.3) is 5.56 Å². The lowest BCUT2D eigenvalue weighted by Crippen LogP contribution is -2.34. The number of rotatable bonds is 5. The van der Waals surface area contributed by atoms with Crippen molar-refractivity contribution in [2.24, 2.45) is 0 Å². The summed E-state index contributed by atoms with van der Waals surface area (Å²) in [5.74, 6) is 0.235. The molecule has 2 aromatic rings. The van der Waals surface area contributed by atoms with Crippen LogP contribution in [0.5, 0.6) is 0 Å². The molecular weight excluding hydrogens is 340 g/mol. The van der Waals surface area contributed by atoms with E-state index in [1.54, 1.807) is 13.0 Å². The van der Waals surface area contributed by atoms with Crippen LogP contribution in [0.4, 0.5) is 5.69 Å². The first-order chi connectivity index (χ1) is 13.1. The topological polar surface area (TPSA) is 67.2 Å². The van der Waals surface area contributed by atoms with E-state index in [2.05, 4.69) is 28.3 Å². The minimum absolute atomic E-state index is 0.205. The summed E-state index contributed by atoms with van der Waals surface area (Å²) in [7, 11) is 0. The van der Waals surface area contributed by atoms with Crippen molar-refractivity contribution in [1.82, 2.24) is 14.7 Å². The lowest BCUT2D eigenvalue weighted by atomic mass is 9.97. The molecule has 1 aromatic carbocycles. The SMILES string of the molecule is CCN1CCc2c(cccc2NC(=O)C(C)n2nc(C3CC3)ccc2=O)C1. The number of hydrogen-bond donors (Lipinski definition) is 1. The number of nitrogens with one attached hydrogen (secondary N) is 1. The highest BCUT2D eigenvalue weighted by Crippen LogP contribution is 2.38. The van der Waals surface area contributed by atoms with Crippen molar-refractivity contribution in [3.63, 3.8) is 0 Å². The summed E-state index contributed by atoms with van der Waals surface area (Å²) in [5.41, 5.74) is 3.99. The molecule has 6 heteroatoms. The Morgan fingerprint density at radius 2 is 2.11 bits per heavy atom. The van der Waals surface area contributed by atoms with Gasteiger partial charge < -0.3 is 5.32 Å². The molecule has 1 saturated carbocycles. The van der Waals surface area contributed by atoms with E-state index in [4.69, 9.17) is 0 Å². The summed E-state index contributed by atoms with van der Waals surface area (Å²) in [4.78, 5) is 27.5. The smallest absolute Gasteiger partial charge is 0.267 e. The summed E-state index contributed by atoms with van der Waals surface area (Å²) >= 11 is 0. The largest absolute Gasteiger partial charge is 0.324 e. The van der Waals surface area contributed by atoms with Gasteiger partial charge in [-0.1, -0.05) is 19.1 Å². The van der Waals surface area contributed by atoms with Crippen LogP contribution >= 0.6 is 0 Å². The number of anilines is 1. The van der Waals surface area contributed by atoms with Crippen LogP contribution in [0.25, 0.3) is 0 Å². The lowest BCUT2D eigenvalue weighted by Gasteiger charge is -2.29. The Labute approximate surface area is 159 Å². The second-order valence-electron chi connectivity index (χ2n) is 7.54. The van der Waals surface area contributed by atoms with Crippen molar-refractivity contribution in [1.29, 1.82) is 0 Å². The van der Waals surface area contributed by atoms with E-state index >= 15 is 0 Å². The van der Waals surface area contributed by atoms with Crippen molar-refractivity contribution in [3.05, 3.63) is 57.5 Å². The Morgan fingerprint density at radius 1 is 1.30 bits per heavy atom. The fourth-order valence-corrected chi connectivity index (χ4v) is 3.72. The molecule has 6 nitrogen and oxygen atoms in total. The monoisotopic (exact) mass is 366 g/mol. The van der Waals surface area contributed by atoms with Gasteiger partial charge in [-0.3, -0.25) is 14.5 Å². The third-order valence-electron chi connectivity index (χ3n) is 5.64. The first kappa shape index (κ1) is 17.9. The predicted molar refractivity (Wildman–Crippen MR) is 105 cm³/mol. The summed E-state index contributed by atoms with van der Waals surface area (Å²) in [6, 6.07) is 8.71. The molecule has 1 aromatic heterocycles. The van der Waals surface area contributed by atoms with E-state index in [1.165, 1.54) is 21.9 Å². The Hall–Kier alpha value is -2.47.